The zero-order chi connectivity index (χ0) is 16.7. The fraction of sp³-hybridized carbons (Fsp3) is 0.611. The molecule has 1 aromatic carbocycles. The molecule has 1 saturated heterocycles. The molecule has 1 heterocycles. The minimum absolute atomic E-state index is 0.150. The van der Waals surface area contributed by atoms with Crippen LogP contribution in [0.5, 0.6) is 5.75 Å². The van der Waals surface area contributed by atoms with Gasteiger partial charge in [0.2, 0.25) is 5.91 Å². The topological polar surface area (TPSA) is 44.8 Å². The Labute approximate surface area is 139 Å². The first kappa shape index (κ1) is 17.6. The molecule has 23 heavy (non-hydrogen) atoms. The summed E-state index contributed by atoms with van der Waals surface area (Å²) in [5, 5.41) is 3.11. The van der Waals surface area contributed by atoms with Gasteiger partial charge in [-0.05, 0) is 37.1 Å². The SMILES string of the molecule is CCC(CC)NC(=O)CN1CCN(c2ccc(OC)cc2)CC1. The van der Waals surface area contributed by atoms with E-state index >= 15 is 0 Å². The van der Waals surface area contributed by atoms with E-state index in [2.05, 4.69) is 41.1 Å². The van der Waals surface area contributed by atoms with Crippen LogP contribution < -0.4 is 15.0 Å². The number of rotatable bonds is 7. The van der Waals surface area contributed by atoms with Crippen LogP contribution in [-0.4, -0.2) is 56.7 Å². The van der Waals surface area contributed by atoms with Crippen molar-refractivity contribution in [3.63, 3.8) is 0 Å². The number of anilines is 1. The second-order valence-corrected chi connectivity index (χ2v) is 6.04. The monoisotopic (exact) mass is 319 g/mol. The maximum absolute atomic E-state index is 12.1. The smallest absolute Gasteiger partial charge is 0.234 e. The Morgan fingerprint density at radius 3 is 2.26 bits per heavy atom. The maximum Gasteiger partial charge on any atom is 0.234 e. The molecule has 5 heteroatoms. The Kier molecular flexibility index (Phi) is 6.71. The van der Waals surface area contributed by atoms with Gasteiger partial charge in [0.25, 0.3) is 0 Å². The normalized spacial score (nSPS) is 15.7. The zero-order valence-corrected chi connectivity index (χ0v) is 14.5. The van der Waals surface area contributed by atoms with Crippen molar-refractivity contribution in [2.24, 2.45) is 0 Å². The molecule has 0 unspecified atom stereocenters. The molecule has 0 saturated carbocycles. The van der Waals surface area contributed by atoms with E-state index < -0.39 is 0 Å². The predicted molar refractivity (Wildman–Crippen MR) is 94.2 cm³/mol. The fourth-order valence-electron chi connectivity index (χ4n) is 2.93. The first-order valence-corrected chi connectivity index (χ1v) is 8.57. The third kappa shape index (κ3) is 5.13. The Hall–Kier alpha value is -1.75. The lowest BCUT2D eigenvalue weighted by Gasteiger charge is -2.36. The highest BCUT2D eigenvalue weighted by Crippen LogP contribution is 2.20. The molecule has 1 fully saturated rings. The minimum Gasteiger partial charge on any atom is -0.497 e. The molecule has 0 aliphatic carbocycles. The van der Waals surface area contributed by atoms with Crippen LogP contribution in [0.25, 0.3) is 0 Å². The van der Waals surface area contributed by atoms with Crippen LogP contribution in [0.4, 0.5) is 5.69 Å². The third-order valence-corrected chi connectivity index (χ3v) is 4.53. The number of methoxy groups -OCH3 is 1. The second kappa shape index (κ2) is 8.77. The van der Waals surface area contributed by atoms with Gasteiger partial charge in [-0.25, -0.2) is 0 Å². The van der Waals surface area contributed by atoms with Gasteiger partial charge in [0, 0.05) is 37.9 Å². The van der Waals surface area contributed by atoms with Crippen molar-refractivity contribution in [2.45, 2.75) is 32.7 Å². The van der Waals surface area contributed by atoms with Gasteiger partial charge in [0.05, 0.1) is 13.7 Å². The van der Waals surface area contributed by atoms with Gasteiger partial charge in [-0.3, -0.25) is 9.69 Å². The first-order valence-electron chi connectivity index (χ1n) is 8.57. The molecule has 1 N–H and O–H groups in total. The van der Waals surface area contributed by atoms with Crippen molar-refractivity contribution in [2.75, 3.05) is 44.7 Å². The van der Waals surface area contributed by atoms with Crippen LogP contribution in [0.15, 0.2) is 24.3 Å². The van der Waals surface area contributed by atoms with Crippen molar-refractivity contribution >= 4 is 11.6 Å². The van der Waals surface area contributed by atoms with Crippen molar-refractivity contribution < 1.29 is 9.53 Å². The van der Waals surface area contributed by atoms with Crippen LogP contribution in [0.2, 0.25) is 0 Å². The first-order chi connectivity index (χ1) is 11.2. The lowest BCUT2D eigenvalue weighted by Crippen LogP contribution is -2.50. The molecule has 0 radical (unpaired) electrons. The summed E-state index contributed by atoms with van der Waals surface area (Å²) in [6, 6.07) is 8.47. The number of carbonyl (C=O) groups excluding carboxylic acids is 1. The second-order valence-electron chi connectivity index (χ2n) is 6.04. The molecule has 0 aromatic heterocycles. The summed E-state index contributed by atoms with van der Waals surface area (Å²) in [7, 11) is 1.68. The van der Waals surface area contributed by atoms with E-state index in [1.54, 1.807) is 7.11 Å². The summed E-state index contributed by atoms with van der Waals surface area (Å²) in [4.78, 5) is 16.7. The number of hydrogen-bond acceptors (Lipinski definition) is 4. The van der Waals surface area contributed by atoms with Gasteiger partial charge >= 0.3 is 0 Å². The Bertz CT molecular complexity index is 478. The summed E-state index contributed by atoms with van der Waals surface area (Å²) >= 11 is 0. The third-order valence-electron chi connectivity index (χ3n) is 4.53. The molecular weight excluding hydrogens is 290 g/mol. The van der Waals surface area contributed by atoms with Crippen molar-refractivity contribution in [1.29, 1.82) is 0 Å². The molecule has 2 rings (SSSR count). The lowest BCUT2D eigenvalue weighted by molar-refractivity contribution is -0.123. The van der Waals surface area contributed by atoms with Gasteiger partial charge < -0.3 is 15.0 Å². The average Bonchev–Trinajstić information content (AvgIpc) is 2.60. The van der Waals surface area contributed by atoms with Crippen molar-refractivity contribution in [3.05, 3.63) is 24.3 Å². The van der Waals surface area contributed by atoms with E-state index in [0.29, 0.717) is 12.6 Å². The lowest BCUT2D eigenvalue weighted by atomic mass is 10.2. The highest BCUT2D eigenvalue weighted by atomic mass is 16.5. The van der Waals surface area contributed by atoms with Crippen LogP contribution in [-0.2, 0) is 4.79 Å². The molecular formula is C18H29N3O2. The molecule has 0 bridgehead atoms. The number of ether oxygens (including phenoxy) is 1. The Morgan fingerprint density at radius 2 is 1.74 bits per heavy atom. The summed E-state index contributed by atoms with van der Waals surface area (Å²) in [6.45, 7) is 8.47. The van der Waals surface area contributed by atoms with Crippen molar-refractivity contribution in [1.82, 2.24) is 10.2 Å². The van der Waals surface area contributed by atoms with Gasteiger partial charge in [0.15, 0.2) is 0 Å². The molecule has 0 spiro atoms. The average molecular weight is 319 g/mol. The molecule has 0 atom stereocenters. The number of nitrogens with zero attached hydrogens (tertiary/aromatic N) is 2. The molecule has 1 aliphatic rings. The largest absolute Gasteiger partial charge is 0.497 e. The van der Waals surface area contributed by atoms with E-state index in [1.807, 2.05) is 12.1 Å². The highest BCUT2D eigenvalue weighted by molar-refractivity contribution is 5.78. The van der Waals surface area contributed by atoms with E-state index in [4.69, 9.17) is 4.74 Å². The van der Waals surface area contributed by atoms with Crippen LogP contribution in [0.1, 0.15) is 26.7 Å². The number of piperazine rings is 1. The number of amides is 1. The Balaban J connectivity index is 1.78. The van der Waals surface area contributed by atoms with Crippen molar-refractivity contribution in [3.8, 4) is 5.75 Å². The molecule has 128 valence electrons. The van der Waals surface area contributed by atoms with Gasteiger partial charge in [-0.15, -0.1) is 0 Å². The van der Waals surface area contributed by atoms with Crippen LogP contribution >= 0.6 is 0 Å². The molecule has 1 aromatic rings. The number of nitrogens with one attached hydrogen (secondary N) is 1. The summed E-state index contributed by atoms with van der Waals surface area (Å²) < 4.78 is 5.20. The van der Waals surface area contributed by atoms with Crippen LogP contribution in [0.3, 0.4) is 0 Å². The zero-order valence-electron chi connectivity index (χ0n) is 14.5. The summed E-state index contributed by atoms with van der Waals surface area (Å²) in [5.74, 6) is 1.03. The van der Waals surface area contributed by atoms with Crippen LogP contribution in [0, 0.1) is 0 Å². The van der Waals surface area contributed by atoms with Gasteiger partial charge in [-0.2, -0.15) is 0 Å². The fourth-order valence-corrected chi connectivity index (χ4v) is 2.93. The number of carbonyl (C=O) groups is 1. The highest BCUT2D eigenvalue weighted by Gasteiger charge is 2.20. The summed E-state index contributed by atoms with van der Waals surface area (Å²) in [5.41, 5.74) is 1.21. The minimum atomic E-state index is 0.150. The summed E-state index contributed by atoms with van der Waals surface area (Å²) in [6.07, 6.45) is 1.99. The Morgan fingerprint density at radius 1 is 1.13 bits per heavy atom. The standard InChI is InChI=1S/C18H29N3O2/c1-4-15(5-2)19-18(22)14-20-10-12-21(13-11-20)16-6-8-17(23-3)9-7-16/h6-9,15H,4-5,10-14H2,1-3H3,(H,19,22). The quantitative estimate of drug-likeness (QED) is 0.836. The number of benzene rings is 1. The van der Waals surface area contributed by atoms with Gasteiger partial charge in [0.1, 0.15) is 5.75 Å². The van der Waals surface area contributed by atoms with E-state index in [1.165, 1.54) is 5.69 Å². The molecule has 5 nitrogen and oxygen atoms in total. The maximum atomic E-state index is 12.1. The van der Waals surface area contributed by atoms with E-state index in [0.717, 1.165) is 44.8 Å². The molecule has 1 amide bonds. The van der Waals surface area contributed by atoms with E-state index in [9.17, 15) is 4.79 Å². The predicted octanol–water partition coefficient (Wildman–Crippen LogP) is 2.12. The van der Waals surface area contributed by atoms with Gasteiger partial charge in [-0.1, -0.05) is 13.8 Å². The molecule has 1 aliphatic heterocycles. The van der Waals surface area contributed by atoms with E-state index in [-0.39, 0.29) is 5.91 Å². The number of hydrogen-bond donors (Lipinski definition) is 1.